The van der Waals surface area contributed by atoms with Gasteiger partial charge in [0.1, 0.15) is 5.60 Å². The number of carbonyl (C=O) groups is 2. The topological polar surface area (TPSA) is 78.4 Å². The van der Waals surface area contributed by atoms with E-state index in [9.17, 15) is 14.7 Å². The maximum atomic E-state index is 12.3. The molecule has 1 saturated carbocycles. The molecule has 0 heterocycles. The first-order chi connectivity index (χ1) is 12.4. The molecule has 1 atom stereocenters. The van der Waals surface area contributed by atoms with E-state index in [0.717, 1.165) is 29.5 Å². The summed E-state index contributed by atoms with van der Waals surface area (Å²) in [7, 11) is 0. The molecule has 5 heteroatoms. The van der Waals surface area contributed by atoms with Crippen LogP contribution in [0.4, 0.5) is 5.69 Å². The third-order valence-corrected chi connectivity index (χ3v) is 4.97. The van der Waals surface area contributed by atoms with Crippen molar-refractivity contribution in [1.29, 1.82) is 0 Å². The minimum Gasteiger partial charge on any atom is -0.383 e. The Morgan fingerprint density at radius 2 is 1.62 bits per heavy atom. The van der Waals surface area contributed by atoms with Crippen LogP contribution in [-0.2, 0) is 15.2 Å². The van der Waals surface area contributed by atoms with Gasteiger partial charge in [-0.3, -0.25) is 9.59 Å². The maximum absolute atomic E-state index is 12.3. The Kier molecular flexibility index (Phi) is 5.09. The SMILES string of the molecule is Cc1cccc(C)c1NC(=O)C(=O)NCC(O)(c1ccccc1)C1CC1. The van der Waals surface area contributed by atoms with Crippen molar-refractivity contribution in [2.45, 2.75) is 32.3 Å². The highest BCUT2D eigenvalue weighted by molar-refractivity contribution is 6.39. The molecule has 3 rings (SSSR count). The number of aliphatic hydroxyl groups is 1. The van der Waals surface area contributed by atoms with Gasteiger partial charge in [0, 0.05) is 5.69 Å². The smallest absolute Gasteiger partial charge is 0.313 e. The number of amides is 2. The monoisotopic (exact) mass is 352 g/mol. The van der Waals surface area contributed by atoms with Crippen molar-refractivity contribution in [3.8, 4) is 0 Å². The first-order valence-electron chi connectivity index (χ1n) is 8.85. The van der Waals surface area contributed by atoms with Gasteiger partial charge in [0.2, 0.25) is 0 Å². The Morgan fingerprint density at radius 1 is 1.00 bits per heavy atom. The number of benzene rings is 2. The van der Waals surface area contributed by atoms with Crippen LogP contribution in [-0.4, -0.2) is 23.5 Å². The van der Waals surface area contributed by atoms with Crippen LogP contribution in [0.3, 0.4) is 0 Å². The van der Waals surface area contributed by atoms with Crippen molar-refractivity contribution in [3.63, 3.8) is 0 Å². The second-order valence-corrected chi connectivity index (χ2v) is 6.97. The van der Waals surface area contributed by atoms with Crippen molar-refractivity contribution in [2.24, 2.45) is 5.92 Å². The fourth-order valence-corrected chi connectivity index (χ4v) is 3.25. The van der Waals surface area contributed by atoms with E-state index >= 15 is 0 Å². The molecule has 1 unspecified atom stereocenters. The van der Waals surface area contributed by atoms with E-state index < -0.39 is 17.4 Å². The van der Waals surface area contributed by atoms with Crippen LogP contribution in [0.2, 0.25) is 0 Å². The van der Waals surface area contributed by atoms with Crippen LogP contribution in [0.25, 0.3) is 0 Å². The Balaban J connectivity index is 1.66. The van der Waals surface area contributed by atoms with E-state index in [2.05, 4.69) is 10.6 Å². The molecule has 0 aliphatic heterocycles. The van der Waals surface area contributed by atoms with E-state index in [-0.39, 0.29) is 12.5 Å². The summed E-state index contributed by atoms with van der Waals surface area (Å²) in [6.07, 6.45) is 1.83. The van der Waals surface area contributed by atoms with Gasteiger partial charge in [-0.1, -0.05) is 48.5 Å². The zero-order chi connectivity index (χ0) is 18.7. The molecule has 0 aromatic heterocycles. The van der Waals surface area contributed by atoms with Gasteiger partial charge in [0.25, 0.3) is 0 Å². The molecule has 1 aliphatic carbocycles. The molecule has 0 spiro atoms. The molecule has 2 aromatic carbocycles. The first kappa shape index (κ1) is 18.1. The van der Waals surface area contributed by atoms with Crippen molar-refractivity contribution in [2.75, 3.05) is 11.9 Å². The molecule has 136 valence electrons. The molecule has 0 bridgehead atoms. The normalized spacial score (nSPS) is 15.8. The number of para-hydroxylation sites is 1. The summed E-state index contributed by atoms with van der Waals surface area (Å²) in [5.41, 5.74) is 2.05. The zero-order valence-corrected chi connectivity index (χ0v) is 15.1. The number of aryl methyl sites for hydroxylation is 2. The molecule has 2 amide bonds. The minimum absolute atomic E-state index is 0.0146. The lowest BCUT2D eigenvalue weighted by molar-refractivity contribution is -0.137. The van der Waals surface area contributed by atoms with Gasteiger partial charge in [-0.2, -0.15) is 0 Å². The molecule has 5 nitrogen and oxygen atoms in total. The second-order valence-electron chi connectivity index (χ2n) is 6.97. The predicted molar refractivity (Wildman–Crippen MR) is 101 cm³/mol. The lowest BCUT2D eigenvalue weighted by Gasteiger charge is -2.29. The van der Waals surface area contributed by atoms with Crippen LogP contribution < -0.4 is 10.6 Å². The van der Waals surface area contributed by atoms with E-state index in [0.29, 0.717) is 5.69 Å². The molecular weight excluding hydrogens is 328 g/mol. The zero-order valence-electron chi connectivity index (χ0n) is 15.1. The van der Waals surface area contributed by atoms with Crippen molar-refractivity contribution < 1.29 is 14.7 Å². The fraction of sp³-hybridized carbons (Fsp3) is 0.333. The molecule has 3 N–H and O–H groups in total. The van der Waals surface area contributed by atoms with E-state index in [1.807, 2.05) is 62.4 Å². The van der Waals surface area contributed by atoms with Gasteiger partial charge < -0.3 is 15.7 Å². The van der Waals surface area contributed by atoms with E-state index in [1.54, 1.807) is 0 Å². The van der Waals surface area contributed by atoms with Crippen LogP contribution in [0.15, 0.2) is 48.5 Å². The number of hydrogen-bond acceptors (Lipinski definition) is 3. The standard InChI is InChI=1S/C21H24N2O3/c1-14-7-6-8-15(2)18(14)23-20(25)19(24)22-13-21(26,17-11-12-17)16-9-4-3-5-10-16/h3-10,17,26H,11-13H2,1-2H3,(H,22,24)(H,23,25). The van der Waals surface area contributed by atoms with Gasteiger partial charge in [-0.25, -0.2) is 0 Å². The van der Waals surface area contributed by atoms with Gasteiger partial charge in [-0.15, -0.1) is 0 Å². The van der Waals surface area contributed by atoms with Gasteiger partial charge >= 0.3 is 11.8 Å². The lowest BCUT2D eigenvalue weighted by Crippen LogP contribution is -2.45. The fourth-order valence-electron chi connectivity index (χ4n) is 3.25. The van der Waals surface area contributed by atoms with Crippen LogP contribution in [0, 0.1) is 19.8 Å². The van der Waals surface area contributed by atoms with Crippen molar-refractivity contribution >= 4 is 17.5 Å². The predicted octanol–water partition coefficient (Wildman–Crippen LogP) is 2.66. The lowest BCUT2D eigenvalue weighted by atomic mass is 9.88. The number of rotatable bonds is 5. The Labute approximate surface area is 153 Å². The van der Waals surface area contributed by atoms with Crippen LogP contribution in [0.5, 0.6) is 0 Å². The highest BCUT2D eigenvalue weighted by Crippen LogP contribution is 2.45. The quantitative estimate of drug-likeness (QED) is 0.724. The Bertz CT molecular complexity index is 795. The van der Waals surface area contributed by atoms with Crippen molar-refractivity contribution in [3.05, 3.63) is 65.2 Å². The molecule has 0 saturated heterocycles. The Morgan fingerprint density at radius 3 is 2.19 bits per heavy atom. The highest BCUT2D eigenvalue weighted by atomic mass is 16.3. The third kappa shape index (κ3) is 3.78. The van der Waals surface area contributed by atoms with Gasteiger partial charge in [0.15, 0.2) is 0 Å². The van der Waals surface area contributed by atoms with E-state index in [4.69, 9.17) is 0 Å². The summed E-state index contributed by atoms with van der Waals surface area (Å²) < 4.78 is 0. The second kappa shape index (κ2) is 7.30. The first-order valence-corrected chi connectivity index (χ1v) is 8.85. The van der Waals surface area contributed by atoms with E-state index in [1.165, 1.54) is 0 Å². The number of hydrogen-bond donors (Lipinski definition) is 3. The summed E-state index contributed by atoms with van der Waals surface area (Å²) in [6.45, 7) is 3.77. The summed E-state index contributed by atoms with van der Waals surface area (Å²) >= 11 is 0. The summed E-state index contributed by atoms with van der Waals surface area (Å²) in [5, 5.41) is 16.4. The van der Waals surface area contributed by atoms with Crippen LogP contribution in [0.1, 0.15) is 29.5 Å². The largest absolute Gasteiger partial charge is 0.383 e. The number of carbonyl (C=O) groups excluding carboxylic acids is 2. The Hall–Kier alpha value is -2.66. The maximum Gasteiger partial charge on any atom is 0.313 e. The molecular formula is C21H24N2O3. The third-order valence-electron chi connectivity index (χ3n) is 4.97. The molecule has 2 aromatic rings. The van der Waals surface area contributed by atoms with Gasteiger partial charge in [0.05, 0.1) is 6.54 Å². The molecule has 1 fully saturated rings. The van der Waals surface area contributed by atoms with Crippen molar-refractivity contribution in [1.82, 2.24) is 5.32 Å². The number of anilines is 1. The summed E-state index contributed by atoms with van der Waals surface area (Å²) in [4.78, 5) is 24.5. The summed E-state index contributed by atoms with van der Waals surface area (Å²) in [6, 6.07) is 15.0. The molecule has 0 radical (unpaired) electrons. The van der Waals surface area contributed by atoms with Gasteiger partial charge in [-0.05, 0) is 49.3 Å². The summed E-state index contributed by atoms with van der Waals surface area (Å²) in [5.74, 6) is -1.37. The minimum atomic E-state index is -1.14. The average Bonchev–Trinajstić information content (AvgIpc) is 3.49. The average molecular weight is 352 g/mol. The van der Waals surface area contributed by atoms with Crippen LogP contribution >= 0.6 is 0 Å². The highest BCUT2D eigenvalue weighted by Gasteiger charge is 2.45. The molecule has 26 heavy (non-hydrogen) atoms. The molecule has 1 aliphatic rings. The number of nitrogens with one attached hydrogen (secondary N) is 2.